The molecule has 1 aromatic rings. The molecule has 0 spiro atoms. The van der Waals surface area contributed by atoms with E-state index in [9.17, 15) is 13.2 Å². The molecule has 1 unspecified atom stereocenters. The normalized spacial score (nSPS) is 19.5. The van der Waals surface area contributed by atoms with Crippen molar-refractivity contribution in [2.75, 3.05) is 26.2 Å². The van der Waals surface area contributed by atoms with Gasteiger partial charge in [-0.3, -0.25) is 4.90 Å². The second-order valence-electron chi connectivity index (χ2n) is 6.08. The molecule has 2 rings (SSSR count). The summed E-state index contributed by atoms with van der Waals surface area (Å²) in [7, 11) is 0. The lowest BCUT2D eigenvalue weighted by molar-refractivity contribution is -0.0329. The van der Waals surface area contributed by atoms with Crippen LogP contribution in [0.1, 0.15) is 38.3 Å². The van der Waals surface area contributed by atoms with Crippen molar-refractivity contribution in [2.24, 2.45) is 5.92 Å². The summed E-state index contributed by atoms with van der Waals surface area (Å²) in [6.45, 7) is 7.83. The number of nitrogens with zero attached hydrogens (tertiary/aromatic N) is 1. The van der Waals surface area contributed by atoms with Crippen LogP contribution in [-0.2, 0) is 0 Å². The zero-order valence-corrected chi connectivity index (χ0v) is 14.5. The van der Waals surface area contributed by atoms with Gasteiger partial charge >= 0.3 is 5.51 Å². The van der Waals surface area contributed by atoms with Gasteiger partial charge in [-0.25, -0.2) is 0 Å². The first-order valence-electron chi connectivity index (χ1n) is 8.22. The molecular formula is C17H25F3N2S. The lowest BCUT2D eigenvalue weighted by Gasteiger charge is -2.39. The van der Waals surface area contributed by atoms with Crippen molar-refractivity contribution in [2.45, 2.75) is 43.1 Å². The van der Waals surface area contributed by atoms with Gasteiger partial charge in [0, 0.05) is 37.1 Å². The monoisotopic (exact) mass is 346 g/mol. The minimum atomic E-state index is -4.25. The molecule has 2 nitrogen and oxygen atoms in total. The van der Waals surface area contributed by atoms with Crippen molar-refractivity contribution in [1.29, 1.82) is 0 Å². The van der Waals surface area contributed by atoms with E-state index in [0.29, 0.717) is 10.8 Å². The average molecular weight is 346 g/mol. The quantitative estimate of drug-likeness (QED) is 0.753. The number of hydrogen-bond donors (Lipinski definition) is 1. The van der Waals surface area contributed by atoms with E-state index in [1.165, 1.54) is 0 Å². The molecule has 0 aromatic heterocycles. The second kappa shape index (κ2) is 8.40. The van der Waals surface area contributed by atoms with E-state index >= 15 is 0 Å². The predicted octanol–water partition coefficient (Wildman–Crippen LogP) is 4.68. The van der Waals surface area contributed by atoms with E-state index in [1.54, 1.807) is 12.1 Å². The van der Waals surface area contributed by atoms with Crippen LogP contribution in [0, 0.1) is 5.92 Å². The minimum absolute atomic E-state index is 0.0129. The molecule has 1 aromatic carbocycles. The van der Waals surface area contributed by atoms with E-state index in [-0.39, 0.29) is 17.8 Å². The number of hydrogen-bond acceptors (Lipinski definition) is 3. The van der Waals surface area contributed by atoms with Gasteiger partial charge in [0.25, 0.3) is 0 Å². The number of rotatable bonds is 6. The van der Waals surface area contributed by atoms with Gasteiger partial charge in [-0.1, -0.05) is 38.5 Å². The first-order valence-corrected chi connectivity index (χ1v) is 9.03. The molecule has 1 heterocycles. The van der Waals surface area contributed by atoms with E-state index in [2.05, 4.69) is 24.1 Å². The minimum Gasteiger partial charge on any atom is -0.314 e. The van der Waals surface area contributed by atoms with Crippen LogP contribution in [0.25, 0.3) is 0 Å². The van der Waals surface area contributed by atoms with Crippen molar-refractivity contribution >= 4 is 11.8 Å². The molecule has 1 aliphatic rings. The van der Waals surface area contributed by atoms with Crippen LogP contribution in [0.4, 0.5) is 13.2 Å². The van der Waals surface area contributed by atoms with Crippen LogP contribution in [0.15, 0.2) is 29.2 Å². The van der Waals surface area contributed by atoms with Gasteiger partial charge in [0.05, 0.1) is 0 Å². The fraction of sp³-hybridized carbons (Fsp3) is 0.647. The maximum atomic E-state index is 12.9. The van der Waals surface area contributed by atoms with Crippen LogP contribution in [-0.4, -0.2) is 36.6 Å². The third-order valence-corrected chi connectivity index (χ3v) is 5.11. The molecule has 23 heavy (non-hydrogen) atoms. The molecule has 6 heteroatoms. The summed E-state index contributed by atoms with van der Waals surface area (Å²) in [5, 5.41) is 3.32. The maximum Gasteiger partial charge on any atom is 0.446 e. The lowest BCUT2D eigenvalue weighted by atomic mass is 9.89. The first-order chi connectivity index (χ1) is 10.9. The number of nitrogens with one attached hydrogen (secondary N) is 1. The number of thioether (sulfide) groups is 1. The summed E-state index contributed by atoms with van der Waals surface area (Å²) in [6, 6.07) is 7.05. The highest BCUT2D eigenvalue weighted by Crippen LogP contribution is 2.43. The van der Waals surface area contributed by atoms with Gasteiger partial charge in [0.15, 0.2) is 0 Å². The van der Waals surface area contributed by atoms with Gasteiger partial charge in [-0.15, -0.1) is 0 Å². The zero-order valence-electron chi connectivity index (χ0n) is 13.7. The second-order valence-corrected chi connectivity index (χ2v) is 7.19. The first kappa shape index (κ1) is 18.6. The fourth-order valence-corrected chi connectivity index (χ4v) is 4.08. The summed E-state index contributed by atoms with van der Waals surface area (Å²) in [5.41, 5.74) is -3.43. The Morgan fingerprint density at radius 1 is 1.22 bits per heavy atom. The molecule has 2 atom stereocenters. The van der Waals surface area contributed by atoms with Crippen molar-refractivity contribution in [3.63, 3.8) is 0 Å². The van der Waals surface area contributed by atoms with Gasteiger partial charge in [-0.2, -0.15) is 13.2 Å². The van der Waals surface area contributed by atoms with Crippen LogP contribution < -0.4 is 5.32 Å². The molecule has 0 radical (unpaired) electrons. The van der Waals surface area contributed by atoms with Crippen LogP contribution in [0.2, 0.25) is 0 Å². The average Bonchev–Trinajstić information content (AvgIpc) is 2.49. The van der Waals surface area contributed by atoms with Crippen LogP contribution >= 0.6 is 11.8 Å². The molecule has 0 aliphatic carbocycles. The molecule has 1 fully saturated rings. The van der Waals surface area contributed by atoms with E-state index in [1.807, 2.05) is 12.1 Å². The Bertz CT molecular complexity index is 487. The summed E-state index contributed by atoms with van der Waals surface area (Å²) in [6.07, 6.45) is 2.05. The fourth-order valence-electron chi connectivity index (χ4n) is 3.38. The number of halogens is 3. The summed E-state index contributed by atoms with van der Waals surface area (Å²) >= 11 is 0.0129. The zero-order chi connectivity index (χ0) is 16.9. The molecule has 0 bridgehead atoms. The van der Waals surface area contributed by atoms with E-state index in [4.69, 9.17) is 0 Å². The Hall–Kier alpha value is -0.720. The largest absolute Gasteiger partial charge is 0.446 e. The predicted molar refractivity (Wildman–Crippen MR) is 89.6 cm³/mol. The Balaban J connectivity index is 2.34. The van der Waals surface area contributed by atoms with Crippen LogP contribution in [0.5, 0.6) is 0 Å². The molecule has 1 N–H and O–H groups in total. The van der Waals surface area contributed by atoms with E-state index < -0.39 is 5.51 Å². The Morgan fingerprint density at radius 2 is 1.87 bits per heavy atom. The highest BCUT2D eigenvalue weighted by molar-refractivity contribution is 8.00. The molecule has 1 saturated heterocycles. The lowest BCUT2D eigenvalue weighted by Crippen LogP contribution is -2.46. The summed E-state index contributed by atoms with van der Waals surface area (Å²) < 4.78 is 38.7. The summed E-state index contributed by atoms with van der Waals surface area (Å²) in [5.74, 6) is 0.327. The number of piperazine rings is 1. The molecular weight excluding hydrogens is 321 g/mol. The van der Waals surface area contributed by atoms with Crippen molar-refractivity contribution in [3.05, 3.63) is 29.8 Å². The van der Waals surface area contributed by atoms with Crippen molar-refractivity contribution in [3.8, 4) is 0 Å². The molecule has 130 valence electrons. The third kappa shape index (κ3) is 5.40. The summed E-state index contributed by atoms with van der Waals surface area (Å²) in [4.78, 5) is 2.68. The van der Waals surface area contributed by atoms with Crippen LogP contribution in [0.3, 0.4) is 0 Å². The molecule has 0 amide bonds. The van der Waals surface area contributed by atoms with Gasteiger partial charge in [-0.05, 0) is 35.7 Å². The highest BCUT2D eigenvalue weighted by Gasteiger charge is 2.34. The highest BCUT2D eigenvalue weighted by atomic mass is 32.2. The Kier molecular flexibility index (Phi) is 6.80. The smallest absolute Gasteiger partial charge is 0.314 e. The standard InChI is InChI=1S/C17H25F3N2S/c1-3-6-13(2)16(22-11-9-21-10-12-22)14-7-4-5-8-15(14)23-17(18,19)20/h4-5,7-8,13,16,21H,3,6,9-12H2,1-2H3/t13?,16-/m1/s1. The van der Waals surface area contributed by atoms with Gasteiger partial charge in [0.1, 0.15) is 0 Å². The molecule has 0 saturated carbocycles. The van der Waals surface area contributed by atoms with Crippen molar-refractivity contribution in [1.82, 2.24) is 10.2 Å². The Morgan fingerprint density at radius 3 is 2.48 bits per heavy atom. The van der Waals surface area contributed by atoms with Gasteiger partial charge in [0.2, 0.25) is 0 Å². The Labute approximate surface area is 140 Å². The van der Waals surface area contributed by atoms with E-state index in [0.717, 1.165) is 44.6 Å². The molecule has 1 aliphatic heterocycles. The van der Waals surface area contributed by atoms with Crippen molar-refractivity contribution < 1.29 is 13.2 Å². The van der Waals surface area contributed by atoms with Gasteiger partial charge < -0.3 is 5.32 Å². The third-order valence-electron chi connectivity index (χ3n) is 4.29. The topological polar surface area (TPSA) is 15.3 Å². The number of benzene rings is 1. The maximum absolute atomic E-state index is 12.9. The number of alkyl halides is 3. The SMILES string of the molecule is CCCC(C)[C@H](c1ccccc1SC(F)(F)F)N1CCNCC1.